The van der Waals surface area contributed by atoms with Crippen molar-refractivity contribution in [1.29, 1.82) is 0 Å². The molecular formula is C31H24N6O2. The summed E-state index contributed by atoms with van der Waals surface area (Å²) in [5.74, 6) is -0.788. The number of carbonyl (C=O) groups excluding carboxylic acids is 2. The first kappa shape index (κ1) is 23.0. The molecule has 0 bridgehead atoms. The average Bonchev–Trinajstić information content (AvgIpc) is 3.62. The van der Waals surface area contributed by atoms with Gasteiger partial charge < -0.3 is 4.98 Å². The molecule has 0 unspecified atom stereocenters. The third kappa shape index (κ3) is 3.56. The second kappa shape index (κ2) is 9.02. The van der Waals surface area contributed by atoms with E-state index < -0.39 is 5.91 Å². The number of anilines is 1. The van der Waals surface area contributed by atoms with E-state index in [4.69, 9.17) is 10.1 Å². The van der Waals surface area contributed by atoms with Crippen LogP contribution in [0.15, 0.2) is 85.2 Å². The molecular weight excluding hydrogens is 488 g/mol. The zero-order valence-electron chi connectivity index (χ0n) is 21.3. The number of aromatic nitrogens is 5. The molecule has 4 aromatic heterocycles. The van der Waals surface area contributed by atoms with Gasteiger partial charge in [0, 0.05) is 40.8 Å². The van der Waals surface area contributed by atoms with Crippen LogP contribution in [0.5, 0.6) is 0 Å². The summed E-state index contributed by atoms with van der Waals surface area (Å²) in [6.07, 6.45) is 5.40. The third-order valence-corrected chi connectivity index (χ3v) is 7.20. The van der Waals surface area contributed by atoms with Gasteiger partial charge in [-0.2, -0.15) is 5.10 Å². The van der Waals surface area contributed by atoms with E-state index in [9.17, 15) is 9.59 Å². The van der Waals surface area contributed by atoms with E-state index >= 15 is 0 Å². The molecule has 2 amide bonds. The topological polar surface area (TPSA) is 96.8 Å². The van der Waals surface area contributed by atoms with Crippen molar-refractivity contribution in [2.45, 2.75) is 26.3 Å². The van der Waals surface area contributed by atoms with Crippen molar-refractivity contribution in [2.75, 3.05) is 4.90 Å². The Bertz CT molecular complexity index is 1950. The molecule has 0 saturated heterocycles. The predicted molar refractivity (Wildman–Crippen MR) is 152 cm³/mol. The molecule has 7 rings (SSSR count). The molecule has 0 fully saturated rings. The molecule has 5 heterocycles. The SMILES string of the molecule is CCCCn1nc(C2=C(c3c[nH]c4ccccc34)C(=O)N(c3ccccc3)C2=O)c2cc3ncccc3nc21. The van der Waals surface area contributed by atoms with Gasteiger partial charge in [0.25, 0.3) is 11.8 Å². The number of pyridine rings is 2. The molecule has 0 spiro atoms. The first-order valence-electron chi connectivity index (χ1n) is 13.0. The minimum atomic E-state index is -0.408. The van der Waals surface area contributed by atoms with Crippen molar-refractivity contribution in [3.63, 3.8) is 0 Å². The molecule has 0 saturated carbocycles. The van der Waals surface area contributed by atoms with Crippen LogP contribution in [0.3, 0.4) is 0 Å². The van der Waals surface area contributed by atoms with E-state index in [0.717, 1.165) is 29.3 Å². The smallest absolute Gasteiger partial charge is 0.268 e. The number of nitrogens with one attached hydrogen (secondary N) is 1. The quantitative estimate of drug-likeness (QED) is 0.287. The number of hydrogen-bond acceptors (Lipinski definition) is 5. The highest BCUT2D eigenvalue weighted by atomic mass is 16.2. The van der Waals surface area contributed by atoms with Gasteiger partial charge in [0.15, 0.2) is 5.65 Å². The van der Waals surface area contributed by atoms with E-state index in [1.807, 2.05) is 65.3 Å². The summed E-state index contributed by atoms with van der Waals surface area (Å²) in [7, 11) is 0. The first-order valence-corrected chi connectivity index (χ1v) is 13.0. The molecule has 1 aliphatic heterocycles. The lowest BCUT2D eigenvalue weighted by molar-refractivity contribution is -0.119. The molecule has 39 heavy (non-hydrogen) atoms. The second-order valence-corrected chi connectivity index (χ2v) is 9.61. The maximum atomic E-state index is 14.2. The fraction of sp³-hybridized carbons (Fsp3) is 0.129. The summed E-state index contributed by atoms with van der Waals surface area (Å²) in [6.45, 7) is 2.76. The maximum absolute atomic E-state index is 14.2. The van der Waals surface area contributed by atoms with Crippen molar-refractivity contribution >= 4 is 61.6 Å². The lowest BCUT2D eigenvalue weighted by Gasteiger charge is -2.14. The van der Waals surface area contributed by atoms with E-state index in [0.29, 0.717) is 45.6 Å². The van der Waals surface area contributed by atoms with Crippen LogP contribution in [0.1, 0.15) is 31.0 Å². The zero-order chi connectivity index (χ0) is 26.5. The number of aryl methyl sites for hydroxylation is 1. The average molecular weight is 513 g/mol. The summed E-state index contributed by atoms with van der Waals surface area (Å²) < 4.78 is 1.85. The molecule has 8 nitrogen and oxygen atoms in total. The van der Waals surface area contributed by atoms with Crippen molar-refractivity contribution in [3.05, 3.63) is 96.4 Å². The largest absolute Gasteiger partial charge is 0.361 e. The number of imide groups is 1. The molecule has 0 atom stereocenters. The van der Waals surface area contributed by atoms with Gasteiger partial charge in [-0.15, -0.1) is 0 Å². The van der Waals surface area contributed by atoms with Crippen molar-refractivity contribution < 1.29 is 9.59 Å². The highest BCUT2D eigenvalue weighted by Crippen LogP contribution is 2.42. The normalized spacial score (nSPS) is 14.0. The molecule has 190 valence electrons. The summed E-state index contributed by atoms with van der Waals surface area (Å²) in [6, 6.07) is 22.5. The molecule has 2 aromatic carbocycles. The van der Waals surface area contributed by atoms with Crippen LogP contribution in [-0.2, 0) is 16.1 Å². The number of rotatable bonds is 6. The fourth-order valence-corrected chi connectivity index (χ4v) is 5.32. The van der Waals surface area contributed by atoms with Crippen molar-refractivity contribution in [3.8, 4) is 0 Å². The third-order valence-electron chi connectivity index (χ3n) is 7.20. The molecule has 1 aliphatic rings. The van der Waals surface area contributed by atoms with E-state index in [1.54, 1.807) is 24.5 Å². The van der Waals surface area contributed by atoms with Crippen LogP contribution in [0.4, 0.5) is 5.69 Å². The summed E-state index contributed by atoms with van der Waals surface area (Å²) in [5.41, 5.74) is 5.22. The lowest BCUT2D eigenvalue weighted by atomic mass is 9.98. The lowest BCUT2D eigenvalue weighted by Crippen LogP contribution is -2.31. The van der Waals surface area contributed by atoms with Gasteiger partial charge >= 0.3 is 0 Å². The Hall–Kier alpha value is -5.11. The number of nitrogens with zero attached hydrogens (tertiary/aromatic N) is 5. The predicted octanol–water partition coefficient (Wildman–Crippen LogP) is 5.75. The van der Waals surface area contributed by atoms with Crippen LogP contribution in [-0.4, -0.2) is 36.5 Å². The monoisotopic (exact) mass is 512 g/mol. The maximum Gasteiger partial charge on any atom is 0.268 e. The summed E-state index contributed by atoms with van der Waals surface area (Å²) >= 11 is 0. The number of unbranched alkanes of at least 4 members (excludes halogenated alkanes) is 1. The number of amides is 2. The Morgan fingerprint density at radius 1 is 0.846 bits per heavy atom. The molecule has 0 aliphatic carbocycles. The first-order chi connectivity index (χ1) is 19.2. The molecule has 0 radical (unpaired) electrons. The molecule has 8 heteroatoms. The van der Waals surface area contributed by atoms with Gasteiger partial charge in [-0.3, -0.25) is 14.6 Å². The van der Waals surface area contributed by atoms with Crippen LogP contribution in [0.2, 0.25) is 0 Å². The molecule has 1 N–H and O–H groups in total. The minimum absolute atomic E-state index is 0.269. The highest BCUT2D eigenvalue weighted by molar-refractivity contribution is 6.58. The van der Waals surface area contributed by atoms with Crippen LogP contribution >= 0.6 is 0 Å². The fourth-order valence-electron chi connectivity index (χ4n) is 5.32. The van der Waals surface area contributed by atoms with Gasteiger partial charge in [-0.25, -0.2) is 14.6 Å². The van der Waals surface area contributed by atoms with Crippen LogP contribution in [0, 0.1) is 0 Å². The van der Waals surface area contributed by atoms with Gasteiger partial charge in [-0.05, 0) is 42.8 Å². The standard InChI is InChI=1S/C31H24N6O2/c1-2-3-16-36-29-21(17-25-24(34-29)14-9-15-32-25)28(35-36)27-26(22-18-33-23-13-8-7-12-20(22)23)30(38)37(31(27)39)19-10-5-4-6-11-19/h4-15,17-18,33H,2-3,16H2,1H3. The van der Waals surface area contributed by atoms with Gasteiger partial charge in [0.05, 0.1) is 27.9 Å². The van der Waals surface area contributed by atoms with Gasteiger partial charge in [-0.1, -0.05) is 49.7 Å². The Morgan fingerprint density at radius 3 is 2.49 bits per heavy atom. The Morgan fingerprint density at radius 2 is 1.64 bits per heavy atom. The number of hydrogen-bond donors (Lipinski definition) is 1. The van der Waals surface area contributed by atoms with Gasteiger partial charge in [0.1, 0.15) is 5.69 Å². The van der Waals surface area contributed by atoms with Crippen LogP contribution in [0.25, 0.3) is 44.1 Å². The van der Waals surface area contributed by atoms with E-state index in [2.05, 4.69) is 16.9 Å². The number of aromatic amines is 1. The number of fused-ring (bicyclic) bond motifs is 3. The Labute approximate surface area is 223 Å². The Balaban J connectivity index is 1.54. The number of benzene rings is 2. The summed E-state index contributed by atoms with van der Waals surface area (Å²) in [4.78, 5) is 42.3. The molecule has 6 aromatic rings. The highest BCUT2D eigenvalue weighted by Gasteiger charge is 2.43. The summed E-state index contributed by atoms with van der Waals surface area (Å²) in [5, 5.41) is 6.50. The van der Waals surface area contributed by atoms with Crippen molar-refractivity contribution in [2.24, 2.45) is 0 Å². The van der Waals surface area contributed by atoms with E-state index in [-0.39, 0.29) is 11.5 Å². The Kier molecular flexibility index (Phi) is 5.33. The van der Waals surface area contributed by atoms with E-state index in [1.165, 1.54) is 4.90 Å². The number of carbonyl (C=O) groups is 2. The van der Waals surface area contributed by atoms with Gasteiger partial charge in [0.2, 0.25) is 0 Å². The second-order valence-electron chi connectivity index (χ2n) is 9.61. The number of para-hydroxylation sites is 2. The number of H-pyrrole nitrogens is 1. The van der Waals surface area contributed by atoms with Crippen LogP contribution < -0.4 is 4.90 Å². The minimum Gasteiger partial charge on any atom is -0.361 e. The zero-order valence-corrected chi connectivity index (χ0v) is 21.3. The van der Waals surface area contributed by atoms with Crippen molar-refractivity contribution in [1.82, 2.24) is 24.7 Å².